The van der Waals surface area contributed by atoms with Crippen LogP contribution in [0.15, 0.2) is 9.64 Å². The number of sulfone groups is 1. The van der Waals surface area contributed by atoms with Crippen LogP contribution in [0.2, 0.25) is 0 Å². The van der Waals surface area contributed by atoms with Crippen LogP contribution in [0, 0.1) is 0 Å². The third-order valence-corrected chi connectivity index (χ3v) is 8.37. The van der Waals surface area contributed by atoms with Gasteiger partial charge in [-0.05, 0) is 19.3 Å². The number of carbonyl (C=O) groups excluding carboxylic acids is 3. The van der Waals surface area contributed by atoms with E-state index in [-0.39, 0.29) is 46.7 Å². The zero-order valence-electron chi connectivity index (χ0n) is 15.8. The standard InChI is InChI=1S/C17H22N4O6S2/c22-12-8-21(17(15(24)18-12)5-2-1-3-6-17)13(23)9-28-16-20-19-14(27-16)11-4-7-29(25,26)10-11/h11H,1-10H2,(H,18,22,24). The number of hydrogen-bond donors (Lipinski definition) is 1. The highest BCUT2D eigenvalue weighted by Crippen LogP contribution is 2.36. The molecule has 3 fully saturated rings. The van der Waals surface area contributed by atoms with Crippen molar-refractivity contribution in [2.24, 2.45) is 0 Å². The van der Waals surface area contributed by atoms with E-state index in [4.69, 9.17) is 4.42 Å². The number of rotatable bonds is 4. The molecule has 0 bridgehead atoms. The second-order valence-corrected chi connectivity index (χ2v) is 10.9. The summed E-state index contributed by atoms with van der Waals surface area (Å²) < 4.78 is 28.7. The van der Waals surface area contributed by atoms with E-state index < -0.39 is 27.2 Å². The third-order valence-electron chi connectivity index (χ3n) is 5.80. The van der Waals surface area contributed by atoms with E-state index in [1.54, 1.807) is 0 Å². The molecule has 4 rings (SSSR count). The van der Waals surface area contributed by atoms with Crippen molar-refractivity contribution in [3.05, 3.63) is 5.89 Å². The molecule has 29 heavy (non-hydrogen) atoms. The summed E-state index contributed by atoms with van der Waals surface area (Å²) in [6, 6.07) is 0. The van der Waals surface area contributed by atoms with Crippen molar-refractivity contribution < 1.29 is 27.2 Å². The zero-order chi connectivity index (χ0) is 20.6. The van der Waals surface area contributed by atoms with Crippen LogP contribution in [-0.4, -0.2) is 70.6 Å². The van der Waals surface area contributed by atoms with Gasteiger partial charge in [0.2, 0.25) is 17.7 Å². The Hall–Kier alpha value is -1.95. The molecule has 12 heteroatoms. The lowest BCUT2D eigenvalue weighted by atomic mass is 9.78. The van der Waals surface area contributed by atoms with Crippen molar-refractivity contribution in [1.82, 2.24) is 20.4 Å². The summed E-state index contributed by atoms with van der Waals surface area (Å²) in [5.41, 5.74) is -0.956. The van der Waals surface area contributed by atoms with Crippen LogP contribution in [0.5, 0.6) is 0 Å². The average molecular weight is 443 g/mol. The van der Waals surface area contributed by atoms with Gasteiger partial charge in [-0.15, -0.1) is 10.2 Å². The van der Waals surface area contributed by atoms with Crippen molar-refractivity contribution in [3.63, 3.8) is 0 Å². The van der Waals surface area contributed by atoms with Crippen molar-refractivity contribution in [2.45, 2.75) is 55.2 Å². The number of hydrogen-bond acceptors (Lipinski definition) is 9. The Morgan fingerprint density at radius 2 is 2.00 bits per heavy atom. The molecule has 10 nitrogen and oxygen atoms in total. The molecule has 1 aromatic heterocycles. The number of amides is 3. The number of aromatic nitrogens is 2. The molecule has 3 aliphatic rings. The molecule has 3 heterocycles. The highest BCUT2D eigenvalue weighted by molar-refractivity contribution is 7.99. The number of thioether (sulfide) groups is 1. The minimum atomic E-state index is -3.07. The van der Waals surface area contributed by atoms with Crippen LogP contribution >= 0.6 is 11.8 Å². The highest BCUT2D eigenvalue weighted by Gasteiger charge is 2.50. The maximum Gasteiger partial charge on any atom is 0.277 e. The molecular formula is C17H22N4O6S2. The van der Waals surface area contributed by atoms with Gasteiger partial charge < -0.3 is 9.32 Å². The van der Waals surface area contributed by atoms with Gasteiger partial charge >= 0.3 is 0 Å². The quantitative estimate of drug-likeness (QED) is 0.513. The van der Waals surface area contributed by atoms with Gasteiger partial charge in [0.25, 0.3) is 11.1 Å². The van der Waals surface area contributed by atoms with Crippen LogP contribution in [-0.2, 0) is 24.2 Å². The molecule has 1 atom stereocenters. The van der Waals surface area contributed by atoms with Crippen LogP contribution < -0.4 is 5.32 Å². The summed E-state index contributed by atoms with van der Waals surface area (Å²) in [5, 5.41) is 10.4. The van der Waals surface area contributed by atoms with Gasteiger partial charge in [0.05, 0.1) is 23.2 Å². The second-order valence-electron chi connectivity index (χ2n) is 7.74. The summed E-state index contributed by atoms with van der Waals surface area (Å²) in [6.45, 7) is -0.139. The largest absolute Gasteiger partial charge is 0.416 e. The number of carbonyl (C=O) groups is 3. The fourth-order valence-electron chi connectivity index (χ4n) is 4.30. The van der Waals surface area contributed by atoms with Crippen LogP contribution in [0.25, 0.3) is 0 Å². The molecule has 1 saturated carbocycles. The summed E-state index contributed by atoms with van der Waals surface area (Å²) in [6.07, 6.45) is 4.20. The van der Waals surface area contributed by atoms with E-state index in [0.717, 1.165) is 31.0 Å². The first kappa shape index (κ1) is 20.3. The maximum absolute atomic E-state index is 12.9. The van der Waals surface area contributed by atoms with Crippen molar-refractivity contribution in [3.8, 4) is 0 Å². The minimum Gasteiger partial charge on any atom is -0.416 e. The van der Waals surface area contributed by atoms with Gasteiger partial charge in [0.1, 0.15) is 12.1 Å². The Morgan fingerprint density at radius 1 is 1.24 bits per heavy atom. The van der Waals surface area contributed by atoms with E-state index in [2.05, 4.69) is 15.5 Å². The van der Waals surface area contributed by atoms with Gasteiger partial charge in [-0.2, -0.15) is 0 Å². The Morgan fingerprint density at radius 3 is 2.69 bits per heavy atom. The van der Waals surface area contributed by atoms with Gasteiger partial charge in [0, 0.05) is 0 Å². The topological polar surface area (TPSA) is 140 Å². The number of nitrogens with one attached hydrogen (secondary N) is 1. The molecule has 1 aliphatic carbocycles. The summed E-state index contributed by atoms with van der Waals surface area (Å²) >= 11 is 1.03. The number of imide groups is 1. The smallest absolute Gasteiger partial charge is 0.277 e. The van der Waals surface area contributed by atoms with Crippen LogP contribution in [0.4, 0.5) is 0 Å². The molecule has 2 saturated heterocycles. The molecule has 1 aromatic rings. The average Bonchev–Trinajstić information content (AvgIpc) is 3.30. The lowest BCUT2D eigenvalue weighted by Gasteiger charge is -2.47. The molecule has 0 aromatic carbocycles. The SMILES string of the molecule is O=C1CN(C(=O)CSc2nnc(C3CCS(=O)(=O)C3)o2)C2(CCCCC2)C(=O)N1. The summed E-state index contributed by atoms with van der Waals surface area (Å²) in [4.78, 5) is 38.7. The highest BCUT2D eigenvalue weighted by atomic mass is 32.2. The van der Waals surface area contributed by atoms with E-state index in [0.29, 0.717) is 19.3 Å². The lowest BCUT2D eigenvalue weighted by Crippen LogP contribution is -2.69. The minimum absolute atomic E-state index is 0.00818. The van der Waals surface area contributed by atoms with E-state index in [1.807, 2.05) is 0 Å². The summed E-state index contributed by atoms with van der Waals surface area (Å²) in [5.74, 6) is -1.21. The van der Waals surface area contributed by atoms with Gasteiger partial charge in [-0.3, -0.25) is 19.7 Å². The molecule has 158 valence electrons. The van der Waals surface area contributed by atoms with E-state index in [9.17, 15) is 22.8 Å². The maximum atomic E-state index is 12.9. The number of nitrogens with zero attached hydrogens (tertiary/aromatic N) is 3. The van der Waals surface area contributed by atoms with Gasteiger partial charge in [-0.1, -0.05) is 31.0 Å². The second kappa shape index (κ2) is 7.71. The molecule has 1 spiro atoms. The van der Waals surface area contributed by atoms with E-state index >= 15 is 0 Å². The first-order valence-corrected chi connectivity index (χ1v) is 12.4. The fraction of sp³-hybridized carbons (Fsp3) is 0.706. The summed E-state index contributed by atoms with van der Waals surface area (Å²) in [7, 11) is -3.07. The zero-order valence-corrected chi connectivity index (χ0v) is 17.4. The predicted octanol–water partition coefficient (Wildman–Crippen LogP) is 0.252. The predicted molar refractivity (Wildman–Crippen MR) is 102 cm³/mol. The van der Waals surface area contributed by atoms with Crippen molar-refractivity contribution >= 4 is 39.3 Å². The molecule has 2 aliphatic heterocycles. The van der Waals surface area contributed by atoms with Crippen LogP contribution in [0.1, 0.15) is 50.3 Å². The normalized spacial score (nSPS) is 25.9. The Balaban J connectivity index is 1.42. The molecule has 1 unspecified atom stereocenters. The Kier molecular flexibility index (Phi) is 5.40. The Bertz CT molecular complexity index is 937. The molecule has 1 N–H and O–H groups in total. The van der Waals surface area contributed by atoms with Gasteiger partial charge in [0.15, 0.2) is 9.84 Å². The Labute approximate surface area is 172 Å². The molecule has 0 radical (unpaired) electrons. The number of piperazine rings is 1. The van der Waals surface area contributed by atoms with E-state index in [1.165, 1.54) is 4.90 Å². The van der Waals surface area contributed by atoms with Crippen molar-refractivity contribution in [1.29, 1.82) is 0 Å². The fourth-order valence-corrected chi connectivity index (χ4v) is 6.67. The third kappa shape index (κ3) is 4.04. The monoisotopic (exact) mass is 442 g/mol. The van der Waals surface area contributed by atoms with Crippen molar-refractivity contribution in [2.75, 3.05) is 23.8 Å². The lowest BCUT2D eigenvalue weighted by molar-refractivity contribution is -0.158. The van der Waals surface area contributed by atoms with Crippen LogP contribution in [0.3, 0.4) is 0 Å². The first-order valence-electron chi connectivity index (χ1n) is 9.60. The molecular weight excluding hydrogens is 420 g/mol. The molecule has 3 amide bonds. The first-order chi connectivity index (χ1) is 13.8. The van der Waals surface area contributed by atoms with Gasteiger partial charge in [-0.25, -0.2) is 8.42 Å².